The average Bonchev–Trinajstić information content (AvgIpc) is 2.48. The number of hydrogen-bond donors (Lipinski definition) is 2. The van der Waals surface area contributed by atoms with Crippen molar-refractivity contribution in [1.82, 2.24) is 5.32 Å². The molecule has 2 unspecified atom stereocenters. The van der Waals surface area contributed by atoms with Crippen molar-refractivity contribution in [3.8, 4) is 5.75 Å². The highest BCUT2D eigenvalue weighted by Crippen LogP contribution is 2.24. The third kappa shape index (κ3) is 4.77. The van der Waals surface area contributed by atoms with Crippen molar-refractivity contribution in [2.45, 2.75) is 38.1 Å². The van der Waals surface area contributed by atoms with Crippen molar-refractivity contribution in [1.29, 1.82) is 0 Å². The fourth-order valence-corrected chi connectivity index (χ4v) is 2.66. The van der Waals surface area contributed by atoms with Crippen molar-refractivity contribution in [3.05, 3.63) is 30.3 Å². The molecule has 1 aromatic rings. The van der Waals surface area contributed by atoms with Crippen LogP contribution >= 0.6 is 0 Å². The molecule has 0 spiro atoms. The summed E-state index contributed by atoms with van der Waals surface area (Å²) in [6.07, 6.45) is 3.50. The van der Waals surface area contributed by atoms with Crippen molar-refractivity contribution in [2.75, 3.05) is 6.61 Å². The van der Waals surface area contributed by atoms with E-state index >= 15 is 0 Å². The minimum atomic E-state index is -0.819. The second kappa shape index (κ2) is 7.67. The van der Waals surface area contributed by atoms with Crippen molar-refractivity contribution in [3.63, 3.8) is 0 Å². The lowest BCUT2D eigenvalue weighted by Crippen LogP contribution is -2.45. The van der Waals surface area contributed by atoms with Crippen LogP contribution in [0.3, 0.4) is 0 Å². The number of aliphatic carboxylic acids is 1. The number of carbonyl (C=O) groups excluding carboxylic acids is 1. The molecule has 1 aliphatic rings. The van der Waals surface area contributed by atoms with E-state index in [9.17, 15) is 14.7 Å². The Balaban J connectivity index is 1.74. The van der Waals surface area contributed by atoms with Gasteiger partial charge in [0.2, 0.25) is 5.91 Å². The number of para-hydroxylation sites is 1. The Hall–Kier alpha value is -2.04. The van der Waals surface area contributed by atoms with Gasteiger partial charge in [-0.05, 0) is 25.0 Å². The van der Waals surface area contributed by atoms with Crippen molar-refractivity contribution in [2.24, 2.45) is 5.92 Å². The van der Waals surface area contributed by atoms with Gasteiger partial charge in [0.05, 0.1) is 18.9 Å². The molecule has 0 radical (unpaired) electrons. The van der Waals surface area contributed by atoms with E-state index in [0.717, 1.165) is 25.0 Å². The quantitative estimate of drug-likeness (QED) is 0.842. The van der Waals surface area contributed by atoms with Crippen molar-refractivity contribution >= 4 is 11.9 Å². The molecule has 1 fully saturated rings. The Morgan fingerprint density at radius 1 is 1.19 bits per heavy atom. The van der Waals surface area contributed by atoms with Crippen LogP contribution in [-0.2, 0) is 9.59 Å². The summed E-state index contributed by atoms with van der Waals surface area (Å²) in [5, 5.41) is 12.0. The fourth-order valence-electron chi connectivity index (χ4n) is 2.66. The monoisotopic (exact) mass is 291 g/mol. The predicted octanol–water partition coefficient (Wildman–Crippen LogP) is 2.22. The van der Waals surface area contributed by atoms with E-state index in [2.05, 4.69) is 5.32 Å². The van der Waals surface area contributed by atoms with Gasteiger partial charge in [-0.1, -0.05) is 31.0 Å². The summed E-state index contributed by atoms with van der Waals surface area (Å²) in [7, 11) is 0. The molecule has 0 aliphatic heterocycles. The van der Waals surface area contributed by atoms with Gasteiger partial charge < -0.3 is 15.2 Å². The van der Waals surface area contributed by atoms with Gasteiger partial charge in [-0.25, -0.2) is 0 Å². The summed E-state index contributed by atoms with van der Waals surface area (Å²) in [6.45, 7) is 0.292. The largest absolute Gasteiger partial charge is 0.493 e. The maximum Gasteiger partial charge on any atom is 0.308 e. The maximum atomic E-state index is 11.9. The highest BCUT2D eigenvalue weighted by molar-refractivity contribution is 5.78. The molecule has 2 atom stereocenters. The molecule has 5 heteroatoms. The molecular weight excluding hydrogens is 270 g/mol. The Kier molecular flexibility index (Phi) is 5.60. The van der Waals surface area contributed by atoms with Gasteiger partial charge >= 0.3 is 5.97 Å². The van der Waals surface area contributed by atoms with E-state index in [0.29, 0.717) is 13.0 Å². The Labute approximate surface area is 124 Å². The van der Waals surface area contributed by atoms with Crippen molar-refractivity contribution < 1.29 is 19.4 Å². The van der Waals surface area contributed by atoms with E-state index in [1.54, 1.807) is 0 Å². The van der Waals surface area contributed by atoms with Crippen LogP contribution in [0.2, 0.25) is 0 Å². The van der Waals surface area contributed by atoms with Gasteiger partial charge in [0, 0.05) is 6.04 Å². The fraction of sp³-hybridized carbons (Fsp3) is 0.500. The number of benzene rings is 1. The number of hydrogen-bond acceptors (Lipinski definition) is 3. The van der Waals surface area contributed by atoms with Crippen LogP contribution in [0.1, 0.15) is 32.1 Å². The zero-order chi connectivity index (χ0) is 15.1. The Morgan fingerprint density at radius 2 is 1.90 bits per heavy atom. The number of ether oxygens (including phenoxy) is 1. The second-order valence-corrected chi connectivity index (χ2v) is 5.31. The molecule has 2 N–H and O–H groups in total. The van der Waals surface area contributed by atoms with Crippen LogP contribution in [-0.4, -0.2) is 29.6 Å². The van der Waals surface area contributed by atoms with E-state index in [1.807, 2.05) is 30.3 Å². The molecule has 0 heterocycles. The number of amides is 1. The third-order valence-electron chi connectivity index (χ3n) is 3.77. The maximum absolute atomic E-state index is 11.9. The first kappa shape index (κ1) is 15.4. The standard InChI is InChI=1S/C16H21NO4/c18-15(10-11-21-12-6-2-1-3-7-12)17-14-9-5-4-8-13(14)16(19)20/h1-3,6-7,13-14H,4-5,8-11H2,(H,17,18)(H,19,20). The molecule has 21 heavy (non-hydrogen) atoms. The summed E-state index contributed by atoms with van der Waals surface area (Å²) in [5.41, 5.74) is 0. The van der Waals surface area contributed by atoms with E-state index < -0.39 is 11.9 Å². The van der Waals surface area contributed by atoms with Gasteiger partial charge in [0.25, 0.3) is 0 Å². The van der Waals surface area contributed by atoms with Gasteiger partial charge in [-0.15, -0.1) is 0 Å². The molecule has 0 saturated heterocycles. The van der Waals surface area contributed by atoms with Crippen LogP contribution < -0.4 is 10.1 Å². The predicted molar refractivity (Wildman–Crippen MR) is 78.1 cm³/mol. The van der Waals surface area contributed by atoms with Crippen LogP contribution in [0.4, 0.5) is 0 Å². The first-order chi connectivity index (χ1) is 10.2. The first-order valence-electron chi connectivity index (χ1n) is 7.37. The smallest absolute Gasteiger partial charge is 0.308 e. The Morgan fingerprint density at radius 3 is 2.62 bits per heavy atom. The molecule has 1 saturated carbocycles. The number of carboxylic acids is 1. The van der Waals surface area contributed by atoms with Crippen LogP contribution in [0, 0.1) is 5.92 Å². The van der Waals surface area contributed by atoms with Crippen LogP contribution in [0.5, 0.6) is 5.75 Å². The van der Waals surface area contributed by atoms with E-state index in [4.69, 9.17) is 4.74 Å². The minimum Gasteiger partial charge on any atom is -0.493 e. The molecule has 1 amide bonds. The first-order valence-corrected chi connectivity index (χ1v) is 7.37. The molecule has 5 nitrogen and oxygen atoms in total. The highest BCUT2D eigenvalue weighted by Gasteiger charge is 2.31. The summed E-state index contributed by atoms with van der Waals surface area (Å²) >= 11 is 0. The van der Waals surface area contributed by atoms with Gasteiger partial charge in [0.15, 0.2) is 0 Å². The normalized spacial score (nSPS) is 21.5. The van der Waals surface area contributed by atoms with Gasteiger partial charge in [-0.2, -0.15) is 0 Å². The second-order valence-electron chi connectivity index (χ2n) is 5.31. The average molecular weight is 291 g/mol. The molecule has 1 aromatic carbocycles. The minimum absolute atomic E-state index is 0.149. The lowest BCUT2D eigenvalue weighted by atomic mass is 9.84. The SMILES string of the molecule is O=C(CCOc1ccccc1)NC1CCCCC1C(=O)O. The summed E-state index contributed by atoms with van der Waals surface area (Å²) in [6, 6.07) is 9.05. The number of carbonyl (C=O) groups is 2. The molecule has 1 aliphatic carbocycles. The number of nitrogens with one attached hydrogen (secondary N) is 1. The van der Waals surface area contributed by atoms with Crippen LogP contribution in [0.25, 0.3) is 0 Å². The zero-order valence-corrected chi connectivity index (χ0v) is 12.0. The summed E-state index contributed by atoms with van der Waals surface area (Å²) in [5.74, 6) is -0.700. The lowest BCUT2D eigenvalue weighted by molar-refractivity contribution is -0.144. The number of carboxylic acid groups (broad SMARTS) is 1. The molecule has 2 rings (SSSR count). The number of rotatable bonds is 6. The summed E-state index contributed by atoms with van der Waals surface area (Å²) in [4.78, 5) is 23.1. The Bertz CT molecular complexity index is 474. The molecule has 114 valence electrons. The van der Waals surface area contributed by atoms with E-state index in [1.165, 1.54) is 0 Å². The molecule has 0 bridgehead atoms. The lowest BCUT2D eigenvalue weighted by Gasteiger charge is -2.29. The van der Waals surface area contributed by atoms with E-state index in [-0.39, 0.29) is 18.4 Å². The zero-order valence-electron chi connectivity index (χ0n) is 12.0. The summed E-state index contributed by atoms with van der Waals surface area (Å²) < 4.78 is 5.46. The van der Waals surface area contributed by atoms with Crippen LogP contribution in [0.15, 0.2) is 30.3 Å². The highest BCUT2D eigenvalue weighted by atomic mass is 16.5. The topological polar surface area (TPSA) is 75.6 Å². The molecule has 0 aromatic heterocycles. The van der Waals surface area contributed by atoms with Gasteiger partial charge in [-0.3, -0.25) is 9.59 Å². The third-order valence-corrected chi connectivity index (χ3v) is 3.77. The molecular formula is C16H21NO4. The van der Waals surface area contributed by atoms with Gasteiger partial charge in [0.1, 0.15) is 5.75 Å².